The van der Waals surface area contributed by atoms with Crippen molar-refractivity contribution in [2.24, 2.45) is 23.7 Å². The zero-order valence-corrected chi connectivity index (χ0v) is 12.6. The van der Waals surface area contributed by atoms with Gasteiger partial charge in [-0.3, -0.25) is 9.59 Å². The maximum absolute atomic E-state index is 12.8. The minimum Gasteiger partial charge on any atom is -0.478 e. The monoisotopic (exact) mass is 329 g/mol. The average molecular weight is 329 g/mol. The molecule has 4 atom stereocenters. The number of carbonyl (C=O) groups is 4. The van der Waals surface area contributed by atoms with E-state index in [0.717, 1.165) is 30.2 Å². The van der Waals surface area contributed by atoms with Gasteiger partial charge in [0.2, 0.25) is 11.8 Å². The summed E-state index contributed by atoms with van der Waals surface area (Å²) in [5.41, 5.74) is -0.479. The summed E-state index contributed by atoms with van der Waals surface area (Å²) in [6, 6.07) is 3.39. The van der Waals surface area contributed by atoms with E-state index in [4.69, 9.17) is 10.2 Å². The predicted octanol–water partition coefficient (Wildman–Crippen LogP) is 1.62. The third-order valence-corrected chi connectivity index (χ3v) is 5.60. The van der Waals surface area contributed by atoms with Crippen LogP contribution in [0.25, 0.3) is 0 Å². The summed E-state index contributed by atoms with van der Waals surface area (Å²) in [5.74, 6) is -3.51. The highest BCUT2D eigenvalue weighted by Crippen LogP contribution is 2.56. The van der Waals surface area contributed by atoms with E-state index in [1.807, 2.05) is 0 Å². The highest BCUT2D eigenvalue weighted by Gasteiger charge is 2.61. The quantitative estimate of drug-likeness (QED) is 0.815. The minimum absolute atomic E-state index is 0.0381. The van der Waals surface area contributed by atoms with Crippen LogP contribution in [0.2, 0.25) is 0 Å². The summed E-state index contributed by atoms with van der Waals surface area (Å²) in [7, 11) is 0. The lowest BCUT2D eigenvalue weighted by molar-refractivity contribution is -0.123. The summed E-state index contributed by atoms with van der Waals surface area (Å²) in [6.07, 6.45) is 2.78. The molecular weight excluding hydrogens is 314 g/mol. The van der Waals surface area contributed by atoms with Crippen molar-refractivity contribution in [2.45, 2.75) is 19.3 Å². The molecule has 24 heavy (non-hydrogen) atoms. The van der Waals surface area contributed by atoms with Crippen LogP contribution in [0.4, 0.5) is 5.69 Å². The Morgan fingerprint density at radius 2 is 1.33 bits per heavy atom. The lowest BCUT2D eigenvalue weighted by Crippen LogP contribution is -2.33. The highest BCUT2D eigenvalue weighted by molar-refractivity contribution is 6.23. The number of amides is 2. The first kappa shape index (κ1) is 14.9. The molecule has 7 heteroatoms. The molecule has 7 nitrogen and oxygen atoms in total. The van der Waals surface area contributed by atoms with Gasteiger partial charge < -0.3 is 10.2 Å². The maximum atomic E-state index is 12.8. The molecule has 0 spiro atoms. The number of benzene rings is 1. The van der Waals surface area contributed by atoms with Gasteiger partial charge in [0.05, 0.1) is 28.7 Å². The molecule has 3 fully saturated rings. The van der Waals surface area contributed by atoms with Crippen molar-refractivity contribution in [3.05, 3.63) is 29.3 Å². The highest BCUT2D eigenvalue weighted by atomic mass is 16.4. The molecule has 3 aliphatic rings. The first-order valence-electron chi connectivity index (χ1n) is 7.88. The number of hydrogen-bond donors (Lipinski definition) is 2. The number of rotatable bonds is 3. The molecule has 1 aliphatic heterocycles. The molecule has 124 valence electrons. The molecule has 0 radical (unpaired) electrons. The van der Waals surface area contributed by atoms with Gasteiger partial charge in [0.1, 0.15) is 0 Å². The Morgan fingerprint density at radius 3 is 1.75 bits per heavy atom. The van der Waals surface area contributed by atoms with Crippen LogP contribution >= 0.6 is 0 Å². The molecular formula is C17H15NO6. The van der Waals surface area contributed by atoms with Crippen LogP contribution in [0, 0.1) is 23.7 Å². The molecule has 2 bridgehead atoms. The summed E-state index contributed by atoms with van der Waals surface area (Å²) in [6.45, 7) is 0. The number of hydrogen-bond acceptors (Lipinski definition) is 4. The van der Waals surface area contributed by atoms with Crippen LogP contribution in [-0.4, -0.2) is 34.0 Å². The van der Waals surface area contributed by atoms with E-state index < -0.39 is 11.9 Å². The Bertz CT molecular complexity index is 740. The van der Waals surface area contributed by atoms with E-state index >= 15 is 0 Å². The summed E-state index contributed by atoms with van der Waals surface area (Å²) in [5, 5.41) is 18.3. The zero-order chi connectivity index (χ0) is 17.2. The van der Waals surface area contributed by atoms with Crippen LogP contribution in [0.5, 0.6) is 0 Å². The van der Waals surface area contributed by atoms with Gasteiger partial charge in [0, 0.05) is 0 Å². The maximum Gasteiger partial charge on any atom is 0.335 e. The number of carboxylic acid groups (broad SMARTS) is 2. The molecule has 1 heterocycles. The predicted molar refractivity (Wildman–Crippen MR) is 80.7 cm³/mol. The van der Waals surface area contributed by atoms with Gasteiger partial charge in [-0.05, 0) is 49.3 Å². The number of carbonyl (C=O) groups excluding carboxylic acids is 2. The molecule has 1 aromatic carbocycles. The fourth-order valence-corrected chi connectivity index (χ4v) is 4.65. The van der Waals surface area contributed by atoms with Crippen LogP contribution in [-0.2, 0) is 9.59 Å². The van der Waals surface area contributed by atoms with Gasteiger partial charge >= 0.3 is 11.9 Å². The Labute approximate surface area is 136 Å². The van der Waals surface area contributed by atoms with E-state index in [0.29, 0.717) is 0 Å². The molecule has 1 aromatic rings. The van der Waals surface area contributed by atoms with Crippen molar-refractivity contribution < 1.29 is 29.4 Å². The van der Waals surface area contributed by atoms with Crippen molar-refractivity contribution in [1.82, 2.24) is 0 Å². The number of imide groups is 1. The number of nitrogens with zero attached hydrogens (tertiary/aromatic N) is 1. The molecule has 2 saturated carbocycles. The fraction of sp³-hybridized carbons (Fsp3) is 0.412. The van der Waals surface area contributed by atoms with Crippen LogP contribution < -0.4 is 4.90 Å². The summed E-state index contributed by atoms with van der Waals surface area (Å²) < 4.78 is 0. The Balaban J connectivity index is 1.79. The molecule has 0 unspecified atom stereocenters. The van der Waals surface area contributed by atoms with E-state index in [1.165, 1.54) is 12.1 Å². The third-order valence-electron chi connectivity index (χ3n) is 5.60. The number of fused-ring (bicyclic) bond motifs is 5. The van der Waals surface area contributed by atoms with Gasteiger partial charge in [0.15, 0.2) is 0 Å². The first-order chi connectivity index (χ1) is 11.4. The van der Waals surface area contributed by atoms with E-state index in [-0.39, 0.29) is 52.3 Å². The van der Waals surface area contributed by atoms with Crippen molar-refractivity contribution in [2.75, 3.05) is 4.90 Å². The van der Waals surface area contributed by atoms with E-state index in [2.05, 4.69) is 0 Å². The average Bonchev–Trinajstić information content (AvgIpc) is 3.21. The second-order valence-corrected chi connectivity index (χ2v) is 6.78. The number of anilines is 1. The Morgan fingerprint density at radius 1 is 0.875 bits per heavy atom. The smallest absolute Gasteiger partial charge is 0.335 e. The Kier molecular flexibility index (Phi) is 3.03. The third kappa shape index (κ3) is 1.90. The van der Waals surface area contributed by atoms with Gasteiger partial charge in [-0.15, -0.1) is 0 Å². The van der Waals surface area contributed by atoms with E-state index in [9.17, 15) is 19.2 Å². The molecule has 2 amide bonds. The molecule has 2 N–H and O–H groups in total. The topological polar surface area (TPSA) is 112 Å². The minimum atomic E-state index is -1.31. The van der Waals surface area contributed by atoms with E-state index in [1.54, 1.807) is 0 Å². The summed E-state index contributed by atoms with van der Waals surface area (Å²) >= 11 is 0. The van der Waals surface area contributed by atoms with Crippen molar-refractivity contribution in [1.29, 1.82) is 0 Å². The standard InChI is InChI=1S/C17H15NO6/c19-14-12-7-1-2-8(3-7)13(12)15(20)18(14)11-5-9(16(21)22)4-10(6-11)17(23)24/h4-8,12-13H,1-3H2,(H,21,22)(H,23,24)/t7-,8-,12-,13+/m1/s1. The van der Waals surface area contributed by atoms with Crippen molar-refractivity contribution >= 4 is 29.4 Å². The Hall–Kier alpha value is -2.70. The second-order valence-electron chi connectivity index (χ2n) is 6.78. The second kappa shape index (κ2) is 4.90. The van der Waals surface area contributed by atoms with Gasteiger partial charge in [-0.2, -0.15) is 0 Å². The zero-order valence-electron chi connectivity index (χ0n) is 12.6. The van der Waals surface area contributed by atoms with Gasteiger partial charge in [-0.1, -0.05) is 0 Å². The van der Waals surface area contributed by atoms with Crippen LogP contribution in [0.1, 0.15) is 40.0 Å². The summed E-state index contributed by atoms with van der Waals surface area (Å²) in [4.78, 5) is 49.0. The van der Waals surface area contributed by atoms with Crippen LogP contribution in [0.15, 0.2) is 18.2 Å². The first-order valence-corrected chi connectivity index (χ1v) is 7.88. The molecule has 0 aromatic heterocycles. The van der Waals surface area contributed by atoms with Crippen molar-refractivity contribution in [3.63, 3.8) is 0 Å². The lowest BCUT2D eigenvalue weighted by Gasteiger charge is -2.19. The molecule has 2 aliphatic carbocycles. The number of carboxylic acids is 2. The van der Waals surface area contributed by atoms with Crippen molar-refractivity contribution in [3.8, 4) is 0 Å². The number of aromatic carboxylic acids is 2. The van der Waals surface area contributed by atoms with Gasteiger partial charge in [0.25, 0.3) is 0 Å². The normalized spacial score (nSPS) is 30.8. The van der Waals surface area contributed by atoms with Gasteiger partial charge in [-0.25, -0.2) is 14.5 Å². The van der Waals surface area contributed by atoms with Crippen LogP contribution in [0.3, 0.4) is 0 Å². The lowest BCUT2D eigenvalue weighted by atomic mass is 9.81. The fourth-order valence-electron chi connectivity index (χ4n) is 4.65. The SMILES string of the molecule is O=C(O)c1cc(C(=O)O)cc(N2C(=O)[C@@H]3[C@@H]4CC[C@H](C4)[C@@H]3C2=O)c1. The molecule has 4 rings (SSSR count). The molecule has 1 saturated heterocycles. The largest absolute Gasteiger partial charge is 0.478 e.